The molecule has 4 saturated heterocycles. The normalized spacial score (nSPS) is 26.6. The number of amides is 1. The number of methoxy groups -OCH3 is 1. The monoisotopic (exact) mass is 466 g/mol. The Morgan fingerprint density at radius 1 is 1.15 bits per heavy atom. The second kappa shape index (κ2) is 10.3. The molecule has 6 rings (SSSR count). The molecule has 2 bridgehead atoms. The molecule has 1 aromatic carbocycles. The van der Waals surface area contributed by atoms with Gasteiger partial charge in [-0.1, -0.05) is 30.7 Å². The van der Waals surface area contributed by atoms with Gasteiger partial charge in [-0.2, -0.15) is 0 Å². The number of aryl methyl sites for hydroxylation is 1. The highest BCUT2D eigenvalue weighted by molar-refractivity contribution is 5.80. The zero-order valence-electron chi connectivity index (χ0n) is 20.6. The van der Waals surface area contributed by atoms with E-state index in [-0.39, 0.29) is 5.92 Å². The number of ether oxygens (including phenoxy) is 1. The van der Waals surface area contributed by atoms with Crippen LogP contribution in [0.15, 0.2) is 30.5 Å². The van der Waals surface area contributed by atoms with Crippen molar-refractivity contribution in [2.24, 2.45) is 11.8 Å². The van der Waals surface area contributed by atoms with E-state index in [0.29, 0.717) is 17.9 Å². The largest absolute Gasteiger partial charge is 0.495 e. The maximum atomic E-state index is 13.5. The van der Waals surface area contributed by atoms with E-state index in [4.69, 9.17) is 4.74 Å². The van der Waals surface area contributed by atoms with Gasteiger partial charge in [0, 0.05) is 45.0 Å². The minimum Gasteiger partial charge on any atom is -0.495 e. The molecule has 5 heterocycles. The molecule has 4 aliphatic rings. The smallest absolute Gasteiger partial charge is 0.227 e. The second-order valence-corrected chi connectivity index (χ2v) is 10.1. The average molecular weight is 467 g/mol. The Morgan fingerprint density at radius 2 is 1.97 bits per heavy atom. The van der Waals surface area contributed by atoms with Gasteiger partial charge in [-0.15, -0.1) is 5.10 Å². The summed E-state index contributed by atoms with van der Waals surface area (Å²) in [6, 6.07) is 8.61. The van der Waals surface area contributed by atoms with Crippen molar-refractivity contribution in [1.82, 2.24) is 24.8 Å². The number of nitrogens with zero attached hydrogens (tertiary/aromatic N) is 6. The van der Waals surface area contributed by atoms with Crippen LogP contribution in [0.2, 0.25) is 0 Å². The van der Waals surface area contributed by atoms with E-state index in [1.54, 1.807) is 7.11 Å². The van der Waals surface area contributed by atoms with Gasteiger partial charge in [-0.3, -0.25) is 14.4 Å². The predicted octanol–water partition coefficient (Wildman–Crippen LogP) is 2.69. The van der Waals surface area contributed by atoms with Crippen molar-refractivity contribution in [3.63, 3.8) is 0 Å². The van der Waals surface area contributed by atoms with E-state index in [1.807, 2.05) is 22.9 Å². The summed E-state index contributed by atoms with van der Waals surface area (Å²) in [6.45, 7) is 8.33. The van der Waals surface area contributed by atoms with Crippen LogP contribution in [0.25, 0.3) is 0 Å². The SMILES string of the molecule is CCCCc1cn(C[C@H]2CC3CCN2C[C@@H]3C(=O)N2CCN(c3ccccc3OC)CC2)nn1. The Kier molecular flexibility index (Phi) is 7.04. The van der Waals surface area contributed by atoms with Crippen molar-refractivity contribution < 1.29 is 9.53 Å². The standard InChI is InChI=1S/C26H38N6O2/c1-3-4-7-21-17-32(28-27-21)18-22-16-20-10-11-31(22)19-23(20)26(33)30-14-12-29(13-15-30)24-8-5-6-9-25(24)34-2/h5-6,8-9,17,20,22-23H,3-4,7,10-16,18-19H2,1-2H3/t20?,22-,23+/m1/s1. The quantitative estimate of drug-likeness (QED) is 0.596. The van der Waals surface area contributed by atoms with Gasteiger partial charge in [0.1, 0.15) is 5.75 Å². The van der Waals surface area contributed by atoms with Crippen LogP contribution in [0.4, 0.5) is 5.69 Å². The van der Waals surface area contributed by atoms with Gasteiger partial charge in [0.2, 0.25) is 5.91 Å². The van der Waals surface area contributed by atoms with Crippen LogP contribution in [0.3, 0.4) is 0 Å². The van der Waals surface area contributed by atoms with Crippen LogP contribution in [0, 0.1) is 11.8 Å². The number of hydrogen-bond acceptors (Lipinski definition) is 6. The van der Waals surface area contributed by atoms with Gasteiger partial charge >= 0.3 is 0 Å². The van der Waals surface area contributed by atoms with Gasteiger partial charge in [-0.25, -0.2) is 0 Å². The molecule has 1 amide bonds. The number of rotatable bonds is 8. The molecule has 4 aliphatic heterocycles. The maximum Gasteiger partial charge on any atom is 0.227 e. The summed E-state index contributed by atoms with van der Waals surface area (Å²) in [5.74, 6) is 1.88. The Hall–Kier alpha value is -2.61. The molecular formula is C26H38N6O2. The van der Waals surface area contributed by atoms with Crippen LogP contribution >= 0.6 is 0 Å². The molecular weight excluding hydrogens is 428 g/mol. The molecule has 2 aromatic rings. The Bertz CT molecular complexity index is 970. The van der Waals surface area contributed by atoms with Gasteiger partial charge in [0.05, 0.1) is 31.0 Å². The predicted molar refractivity (Wildman–Crippen MR) is 132 cm³/mol. The highest BCUT2D eigenvalue weighted by Crippen LogP contribution is 2.38. The zero-order chi connectivity index (χ0) is 23.5. The molecule has 4 fully saturated rings. The average Bonchev–Trinajstić information content (AvgIpc) is 3.34. The lowest BCUT2D eigenvalue weighted by Crippen LogP contribution is -2.60. The highest BCUT2D eigenvalue weighted by Gasteiger charge is 2.44. The summed E-state index contributed by atoms with van der Waals surface area (Å²) in [6.07, 6.45) is 7.68. The van der Waals surface area contributed by atoms with Crippen molar-refractivity contribution in [2.75, 3.05) is 51.3 Å². The van der Waals surface area contributed by atoms with Crippen LogP contribution in [0.1, 0.15) is 38.3 Å². The number of piperazine rings is 1. The Labute approximate surface area is 202 Å². The fraction of sp³-hybridized carbons (Fsp3) is 0.654. The third kappa shape index (κ3) is 4.78. The number of aromatic nitrogens is 3. The first-order valence-electron chi connectivity index (χ1n) is 13.0. The fourth-order valence-electron chi connectivity index (χ4n) is 6.02. The van der Waals surface area contributed by atoms with Gasteiger partial charge < -0.3 is 14.5 Å². The van der Waals surface area contributed by atoms with E-state index in [0.717, 1.165) is 88.6 Å². The summed E-state index contributed by atoms with van der Waals surface area (Å²) in [5, 5.41) is 8.72. The van der Waals surface area contributed by atoms with Crippen molar-refractivity contribution in [3.8, 4) is 5.75 Å². The van der Waals surface area contributed by atoms with E-state index in [9.17, 15) is 4.79 Å². The summed E-state index contributed by atoms with van der Waals surface area (Å²) in [7, 11) is 1.72. The van der Waals surface area contributed by atoms with Crippen LogP contribution in [-0.2, 0) is 17.8 Å². The molecule has 34 heavy (non-hydrogen) atoms. The summed E-state index contributed by atoms with van der Waals surface area (Å²) in [5.41, 5.74) is 2.21. The first-order valence-corrected chi connectivity index (χ1v) is 13.0. The van der Waals surface area contributed by atoms with Gasteiger partial charge in [0.25, 0.3) is 0 Å². The summed E-state index contributed by atoms with van der Waals surface area (Å²) in [4.78, 5) is 20.5. The highest BCUT2D eigenvalue weighted by atomic mass is 16.5. The Morgan fingerprint density at radius 3 is 2.71 bits per heavy atom. The molecule has 2 unspecified atom stereocenters. The Balaban J connectivity index is 1.15. The molecule has 0 N–H and O–H groups in total. The molecule has 0 radical (unpaired) electrons. The molecule has 0 saturated carbocycles. The number of unbranched alkanes of at least 4 members (excludes halogenated alkanes) is 1. The zero-order valence-corrected chi connectivity index (χ0v) is 20.6. The first-order chi connectivity index (χ1) is 16.7. The summed E-state index contributed by atoms with van der Waals surface area (Å²) < 4.78 is 7.55. The second-order valence-electron chi connectivity index (χ2n) is 10.1. The van der Waals surface area contributed by atoms with Crippen LogP contribution in [0.5, 0.6) is 5.75 Å². The minimum atomic E-state index is 0.138. The topological polar surface area (TPSA) is 66.7 Å². The number of fused-ring (bicyclic) bond motifs is 3. The molecule has 184 valence electrons. The lowest BCUT2D eigenvalue weighted by molar-refractivity contribution is -0.144. The van der Waals surface area contributed by atoms with Gasteiger partial charge in [0.15, 0.2) is 0 Å². The van der Waals surface area contributed by atoms with Crippen LogP contribution in [-0.4, -0.2) is 83.1 Å². The van der Waals surface area contributed by atoms with E-state index < -0.39 is 0 Å². The molecule has 0 aliphatic carbocycles. The minimum absolute atomic E-state index is 0.138. The molecule has 8 heteroatoms. The lowest BCUT2D eigenvalue weighted by Gasteiger charge is -2.50. The lowest BCUT2D eigenvalue weighted by atomic mass is 9.75. The number of piperidine rings is 3. The van der Waals surface area contributed by atoms with Crippen molar-refractivity contribution >= 4 is 11.6 Å². The van der Waals surface area contributed by atoms with Gasteiger partial charge in [-0.05, 0) is 50.3 Å². The van der Waals surface area contributed by atoms with E-state index in [1.165, 1.54) is 6.42 Å². The number of benzene rings is 1. The molecule has 1 aromatic heterocycles. The number of hydrogen-bond donors (Lipinski definition) is 0. The fourth-order valence-corrected chi connectivity index (χ4v) is 6.02. The molecule has 0 spiro atoms. The van der Waals surface area contributed by atoms with Crippen molar-refractivity contribution in [3.05, 3.63) is 36.2 Å². The number of para-hydroxylation sites is 2. The maximum absolute atomic E-state index is 13.5. The summed E-state index contributed by atoms with van der Waals surface area (Å²) >= 11 is 0. The van der Waals surface area contributed by atoms with Crippen LogP contribution < -0.4 is 9.64 Å². The third-order valence-corrected chi connectivity index (χ3v) is 7.98. The third-order valence-electron chi connectivity index (χ3n) is 7.98. The molecule has 8 nitrogen and oxygen atoms in total. The molecule has 4 atom stereocenters. The van der Waals surface area contributed by atoms with Crippen molar-refractivity contribution in [1.29, 1.82) is 0 Å². The number of anilines is 1. The number of carbonyl (C=O) groups is 1. The first kappa shape index (κ1) is 23.1. The van der Waals surface area contributed by atoms with E-state index >= 15 is 0 Å². The van der Waals surface area contributed by atoms with E-state index in [2.05, 4.69) is 44.2 Å². The number of carbonyl (C=O) groups excluding carboxylic acids is 1. The van der Waals surface area contributed by atoms with Crippen molar-refractivity contribution in [2.45, 2.75) is 51.6 Å².